The molecule has 0 fully saturated rings. The van der Waals surface area contributed by atoms with Crippen LogP contribution in [-0.4, -0.2) is 10.2 Å². The molecular weight excluding hydrogens is 234 g/mol. The standard InChI is InChI=1S/C12H15N3OS/c1-8-4-3-5-9(2)10(8)7-17-12-15-14-11(6-13)16-12/h3-5H,6-7,13H2,1-2H3. The first-order valence-electron chi connectivity index (χ1n) is 5.41. The van der Waals surface area contributed by atoms with Gasteiger partial charge in [0.1, 0.15) is 0 Å². The molecule has 0 aliphatic heterocycles. The van der Waals surface area contributed by atoms with Crippen molar-refractivity contribution in [1.29, 1.82) is 0 Å². The van der Waals surface area contributed by atoms with Gasteiger partial charge in [0.25, 0.3) is 5.22 Å². The van der Waals surface area contributed by atoms with E-state index >= 15 is 0 Å². The summed E-state index contributed by atoms with van der Waals surface area (Å²) in [6.45, 7) is 4.51. The SMILES string of the molecule is Cc1cccc(C)c1CSc1nnc(CN)o1. The van der Waals surface area contributed by atoms with Gasteiger partial charge in [0.15, 0.2) is 0 Å². The molecule has 0 atom stereocenters. The lowest BCUT2D eigenvalue weighted by atomic mass is 10.1. The molecule has 0 aliphatic carbocycles. The minimum Gasteiger partial charge on any atom is -0.415 e. The molecule has 0 bridgehead atoms. The molecule has 0 unspecified atom stereocenters. The van der Waals surface area contributed by atoms with Gasteiger partial charge in [0, 0.05) is 5.75 Å². The zero-order valence-electron chi connectivity index (χ0n) is 9.93. The predicted molar refractivity (Wildman–Crippen MR) is 67.7 cm³/mol. The highest BCUT2D eigenvalue weighted by atomic mass is 32.2. The van der Waals surface area contributed by atoms with Crippen LogP contribution in [0.3, 0.4) is 0 Å². The molecule has 17 heavy (non-hydrogen) atoms. The van der Waals surface area contributed by atoms with Gasteiger partial charge in [-0.15, -0.1) is 10.2 Å². The average Bonchev–Trinajstić information content (AvgIpc) is 2.76. The van der Waals surface area contributed by atoms with Crippen LogP contribution in [0.15, 0.2) is 27.8 Å². The lowest BCUT2D eigenvalue weighted by molar-refractivity contribution is 0.415. The average molecular weight is 249 g/mol. The quantitative estimate of drug-likeness (QED) is 0.843. The molecule has 0 amide bonds. The number of rotatable bonds is 4. The second-order valence-electron chi connectivity index (χ2n) is 3.82. The molecule has 2 N–H and O–H groups in total. The van der Waals surface area contributed by atoms with Crippen molar-refractivity contribution >= 4 is 11.8 Å². The third-order valence-corrected chi connectivity index (χ3v) is 3.45. The maximum atomic E-state index is 5.41. The largest absolute Gasteiger partial charge is 0.415 e. The van der Waals surface area contributed by atoms with Crippen molar-refractivity contribution in [3.8, 4) is 0 Å². The maximum Gasteiger partial charge on any atom is 0.276 e. The second-order valence-corrected chi connectivity index (χ2v) is 4.75. The van der Waals surface area contributed by atoms with Crippen LogP contribution in [-0.2, 0) is 12.3 Å². The smallest absolute Gasteiger partial charge is 0.276 e. The summed E-state index contributed by atoms with van der Waals surface area (Å²) < 4.78 is 5.35. The number of hydrogen-bond donors (Lipinski definition) is 1. The zero-order chi connectivity index (χ0) is 12.3. The zero-order valence-corrected chi connectivity index (χ0v) is 10.8. The Morgan fingerprint density at radius 2 is 1.94 bits per heavy atom. The Morgan fingerprint density at radius 1 is 1.24 bits per heavy atom. The first-order chi connectivity index (χ1) is 8.20. The highest BCUT2D eigenvalue weighted by molar-refractivity contribution is 7.98. The molecule has 0 spiro atoms. The number of nitrogens with two attached hydrogens (primary N) is 1. The first kappa shape index (κ1) is 12.1. The number of aryl methyl sites for hydroxylation is 2. The van der Waals surface area contributed by atoms with E-state index in [9.17, 15) is 0 Å². The van der Waals surface area contributed by atoms with E-state index in [0.29, 0.717) is 11.1 Å². The van der Waals surface area contributed by atoms with E-state index in [4.69, 9.17) is 10.2 Å². The Balaban J connectivity index is 2.07. The van der Waals surface area contributed by atoms with Gasteiger partial charge in [-0.25, -0.2) is 0 Å². The van der Waals surface area contributed by atoms with Crippen LogP contribution in [0.5, 0.6) is 0 Å². The normalized spacial score (nSPS) is 10.8. The fourth-order valence-electron chi connectivity index (χ4n) is 1.59. The number of hydrogen-bond acceptors (Lipinski definition) is 5. The van der Waals surface area contributed by atoms with Crippen LogP contribution in [0.1, 0.15) is 22.6 Å². The molecule has 1 aromatic carbocycles. The summed E-state index contributed by atoms with van der Waals surface area (Å²) in [7, 11) is 0. The van der Waals surface area contributed by atoms with Crippen molar-refractivity contribution in [2.24, 2.45) is 5.73 Å². The Bertz CT molecular complexity index is 490. The third kappa shape index (κ3) is 2.87. The van der Waals surface area contributed by atoms with E-state index in [1.807, 2.05) is 0 Å². The second kappa shape index (κ2) is 5.33. The van der Waals surface area contributed by atoms with E-state index in [0.717, 1.165) is 5.75 Å². The Morgan fingerprint density at radius 3 is 2.53 bits per heavy atom. The Kier molecular flexibility index (Phi) is 3.81. The van der Waals surface area contributed by atoms with Gasteiger partial charge in [0.2, 0.25) is 5.89 Å². The van der Waals surface area contributed by atoms with E-state index < -0.39 is 0 Å². The molecule has 1 aromatic heterocycles. The van der Waals surface area contributed by atoms with Crippen LogP contribution in [0.25, 0.3) is 0 Å². The van der Waals surface area contributed by atoms with Gasteiger partial charge in [-0.1, -0.05) is 30.0 Å². The lowest BCUT2D eigenvalue weighted by Gasteiger charge is -2.07. The first-order valence-corrected chi connectivity index (χ1v) is 6.39. The van der Waals surface area contributed by atoms with E-state index in [2.05, 4.69) is 42.2 Å². The molecule has 2 rings (SSSR count). The summed E-state index contributed by atoms with van der Waals surface area (Å²) >= 11 is 1.54. The molecule has 2 aromatic rings. The van der Waals surface area contributed by atoms with Gasteiger partial charge in [-0.2, -0.15) is 0 Å². The summed E-state index contributed by atoms with van der Waals surface area (Å²) in [5, 5.41) is 8.33. The summed E-state index contributed by atoms with van der Waals surface area (Å²) in [5.74, 6) is 1.32. The van der Waals surface area contributed by atoms with Crippen LogP contribution in [0.4, 0.5) is 0 Å². The summed E-state index contributed by atoms with van der Waals surface area (Å²) in [5.41, 5.74) is 9.31. The molecule has 5 heteroatoms. The monoisotopic (exact) mass is 249 g/mol. The summed E-state index contributed by atoms with van der Waals surface area (Å²) in [6, 6.07) is 6.29. The fraction of sp³-hybridized carbons (Fsp3) is 0.333. The molecule has 0 radical (unpaired) electrons. The minimum atomic E-state index is 0.289. The van der Waals surface area contributed by atoms with Gasteiger partial charge in [0.05, 0.1) is 6.54 Å². The molecule has 4 nitrogen and oxygen atoms in total. The van der Waals surface area contributed by atoms with Crippen molar-refractivity contribution in [2.45, 2.75) is 31.4 Å². The molecule has 0 saturated carbocycles. The number of benzene rings is 1. The molecule has 0 aliphatic rings. The maximum absolute atomic E-state index is 5.41. The highest BCUT2D eigenvalue weighted by Crippen LogP contribution is 2.25. The van der Waals surface area contributed by atoms with Crippen molar-refractivity contribution in [3.63, 3.8) is 0 Å². The third-order valence-electron chi connectivity index (χ3n) is 2.61. The van der Waals surface area contributed by atoms with Gasteiger partial charge in [-0.3, -0.25) is 0 Å². The molecular formula is C12H15N3OS. The summed E-state index contributed by atoms with van der Waals surface area (Å²) in [4.78, 5) is 0. The van der Waals surface area contributed by atoms with Gasteiger partial charge >= 0.3 is 0 Å². The van der Waals surface area contributed by atoms with Crippen LogP contribution in [0.2, 0.25) is 0 Å². The van der Waals surface area contributed by atoms with E-state index in [1.165, 1.54) is 16.7 Å². The molecule has 1 heterocycles. The number of thioether (sulfide) groups is 1. The van der Waals surface area contributed by atoms with Crippen molar-refractivity contribution in [3.05, 3.63) is 40.8 Å². The predicted octanol–water partition coefficient (Wildman–Crippen LogP) is 2.44. The van der Waals surface area contributed by atoms with E-state index in [-0.39, 0.29) is 6.54 Å². The van der Waals surface area contributed by atoms with Gasteiger partial charge < -0.3 is 10.2 Å². The van der Waals surface area contributed by atoms with Crippen molar-refractivity contribution in [2.75, 3.05) is 0 Å². The topological polar surface area (TPSA) is 64.9 Å². The van der Waals surface area contributed by atoms with Gasteiger partial charge in [-0.05, 0) is 30.5 Å². The van der Waals surface area contributed by atoms with Crippen LogP contribution >= 0.6 is 11.8 Å². The molecule has 0 saturated heterocycles. The fourth-order valence-corrected chi connectivity index (χ4v) is 2.57. The van der Waals surface area contributed by atoms with Crippen LogP contribution < -0.4 is 5.73 Å². The van der Waals surface area contributed by atoms with E-state index in [1.54, 1.807) is 11.8 Å². The molecule has 90 valence electrons. The summed E-state index contributed by atoms with van der Waals surface area (Å²) in [6.07, 6.45) is 0. The van der Waals surface area contributed by atoms with Crippen molar-refractivity contribution < 1.29 is 4.42 Å². The number of aromatic nitrogens is 2. The minimum absolute atomic E-state index is 0.289. The Hall–Kier alpha value is -1.33. The lowest BCUT2D eigenvalue weighted by Crippen LogP contribution is -1.95. The van der Waals surface area contributed by atoms with Crippen LogP contribution in [0, 0.1) is 13.8 Å². The highest BCUT2D eigenvalue weighted by Gasteiger charge is 2.08. The Labute approximate surface area is 105 Å². The van der Waals surface area contributed by atoms with Crippen molar-refractivity contribution in [1.82, 2.24) is 10.2 Å². The number of nitrogens with zero attached hydrogens (tertiary/aromatic N) is 2.